The average Bonchev–Trinajstić information content (AvgIpc) is 3.26. The molecule has 58 heavy (non-hydrogen) atoms. The van der Waals surface area contributed by atoms with Gasteiger partial charge in [0.1, 0.15) is 5.82 Å². The number of carbonyl (C=O) groups is 4. The number of methoxy groups -OCH3 is 2. The van der Waals surface area contributed by atoms with E-state index < -0.39 is 27.4 Å². The van der Waals surface area contributed by atoms with E-state index in [1.54, 1.807) is 36.5 Å². The van der Waals surface area contributed by atoms with Crippen molar-refractivity contribution in [1.82, 2.24) is 9.71 Å². The summed E-state index contributed by atoms with van der Waals surface area (Å²) in [5, 5.41) is 5.73. The van der Waals surface area contributed by atoms with Crippen LogP contribution in [0.3, 0.4) is 0 Å². The molecule has 0 bridgehead atoms. The fourth-order valence-electron chi connectivity index (χ4n) is 7.67. The standard InChI is InChI=1S/C44H51N5O8S/c1-4-44(23-21-33(22-24-44)43(53)57-3)48-58(54,55)36-10-8-9-34(27-36)40(50)46-38-19-18-35(49-25-6-5-7-26-49)28-37(38)41(51)47-39-20-15-31(29-45-39)12-11-30-13-16-32(17-14-30)42(52)56-2/h8-10,13-20,27-29,33,48H,4-7,11-12,21-26H2,1-3H3,(H,46,50)(H,45,47,51). The number of ether oxygens (including phenoxy) is 2. The molecule has 1 saturated carbocycles. The van der Waals surface area contributed by atoms with Crippen LogP contribution in [-0.2, 0) is 37.1 Å². The molecule has 3 aromatic carbocycles. The van der Waals surface area contributed by atoms with Crippen molar-refractivity contribution in [3.63, 3.8) is 0 Å². The van der Waals surface area contributed by atoms with E-state index in [1.807, 2.05) is 31.2 Å². The third-order valence-corrected chi connectivity index (χ3v) is 12.8. The van der Waals surface area contributed by atoms with E-state index in [1.165, 1.54) is 38.5 Å². The van der Waals surface area contributed by atoms with Crippen LogP contribution < -0.4 is 20.3 Å². The molecule has 1 aromatic heterocycles. The summed E-state index contributed by atoms with van der Waals surface area (Å²) in [6, 6.07) is 22.0. The van der Waals surface area contributed by atoms with Crippen molar-refractivity contribution in [1.29, 1.82) is 0 Å². The highest BCUT2D eigenvalue weighted by molar-refractivity contribution is 7.89. The quantitative estimate of drug-likeness (QED) is 0.113. The third-order valence-electron chi connectivity index (χ3n) is 11.3. The Morgan fingerprint density at radius 1 is 0.793 bits per heavy atom. The number of hydrogen-bond donors (Lipinski definition) is 3. The van der Waals surface area contributed by atoms with E-state index in [2.05, 4.69) is 25.2 Å². The molecule has 306 valence electrons. The highest BCUT2D eigenvalue weighted by atomic mass is 32.2. The molecular formula is C44H51N5O8S. The second kappa shape index (κ2) is 18.8. The number of aryl methyl sites for hydroxylation is 2. The first-order valence-corrected chi connectivity index (χ1v) is 21.3. The molecule has 0 radical (unpaired) electrons. The number of pyridine rings is 1. The zero-order chi connectivity index (χ0) is 41.3. The molecule has 1 aliphatic heterocycles. The molecule has 2 fully saturated rings. The van der Waals surface area contributed by atoms with Gasteiger partial charge >= 0.3 is 11.9 Å². The number of piperidine rings is 1. The van der Waals surface area contributed by atoms with Crippen LogP contribution in [0.2, 0.25) is 0 Å². The van der Waals surface area contributed by atoms with Gasteiger partial charge in [-0.25, -0.2) is 22.9 Å². The lowest BCUT2D eigenvalue weighted by atomic mass is 9.76. The smallest absolute Gasteiger partial charge is 0.337 e. The number of carbonyl (C=O) groups excluding carboxylic acids is 4. The van der Waals surface area contributed by atoms with Gasteiger partial charge in [0, 0.05) is 36.1 Å². The molecule has 13 nitrogen and oxygen atoms in total. The predicted octanol–water partition coefficient (Wildman–Crippen LogP) is 6.94. The molecule has 14 heteroatoms. The molecule has 0 unspecified atom stereocenters. The second-order valence-corrected chi connectivity index (χ2v) is 16.7. The third kappa shape index (κ3) is 10.3. The lowest BCUT2D eigenvalue weighted by molar-refractivity contribution is -0.147. The fourth-order valence-corrected chi connectivity index (χ4v) is 9.24. The number of esters is 2. The van der Waals surface area contributed by atoms with E-state index in [0.717, 1.165) is 55.6 Å². The molecule has 0 spiro atoms. The van der Waals surface area contributed by atoms with Gasteiger partial charge in [-0.1, -0.05) is 31.2 Å². The van der Waals surface area contributed by atoms with Gasteiger partial charge in [0.15, 0.2) is 0 Å². The SMILES string of the molecule is CCC1(NS(=O)(=O)c2cccc(C(=O)Nc3ccc(N4CCCCC4)cc3C(=O)Nc3ccc(CCc4ccc(C(=O)OC)cc4)cn3)c2)CCC(C(=O)OC)CC1. The van der Waals surface area contributed by atoms with Crippen molar-refractivity contribution in [2.45, 2.75) is 81.6 Å². The second-order valence-electron chi connectivity index (χ2n) is 15.0. The number of anilines is 3. The molecule has 2 heterocycles. The van der Waals surface area contributed by atoms with Crippen LogP contribution in [0.25, 0.3) is 0 Å². The Balaban J connectivity index is 1.16. The van der Waals surface area contributed by atoms with E-state index >= 15 is 0 Å². The molecule has 6 rings (SSSR count). The summed E-state index contributed by atoms with van der Waals surface area (Å²) in [5.41, 5.74) is 3.23. The number of amides is 2. The van der Waals surface area contributed by atoms with Gasteiger partial charge in [-0.05, 0) is 130 Å². The minimum Gasteiger partial charge on any atom is -0.469 e. The maximum atomic E-state index is 13.9. The summed E-state index contributed by atoms with van der Waals surface area (Å²) >= 11 is 0. The van der Waals surface area contributed by atoms with Gasteiger partial charge in [0.2, 0.25) is 10.0 Å². The topological polar surface area (TPSA) is 173 Å². The highest BCUT2D eigenvalue weighted by Crippen LogP contribution is 2.36. The van der Waals surface area contributed by atoms with Crippen molar-refractivity contribution in [2.75, 3.05) is 42.8 Å². The Morgan fingerprint density at radius 3 is 2.16 bits per heavy atom. The molecular weight excluding hydrogens is 759 g/mol. The summed E-state index contributed by atoms with van der Waals surface area (Å²) in [5.74, 6) is -1.64. The van der Waals surface area contributed by atoms with Gasteiger partial charge in [0.05, 0.1) is 41.8 Å². The summed E-state index contributed by atoms with van der Waals surface area (Å²) in [4.78, 5) is 58.2. The zero-order valence-electron chi connectivity index (χ0n) is 33.2. The number of hydrogen-bond acceptors (Lipinski definition) is 10. The molecule has 0 atom stereocenters. The number of sulfonamides is 1. The van der Waals surface area contributed by atoms with Gasteiger partial charge in [0.25, 0.3) is 11.8 Å². The van der Waals surface area contributed by atoms with Crippen LogP contribution in [0.15, 0.2) is 90.0 Å². The first-order valence-electron chi connectivity index (χ1n) is 19.8. The summed E-state index contributed by atoms with van der Waals surface area (Å²) in [6.07, 6.45) is 8.87. The zero-order valence-corrected chi connectivity index (χ0v) is 34.0. The van der Waals surface area contributed by atoms with Gasteiger partial charge in [-0.15, -0.1) is 0 Å². The largest absolute Gasteiger partial charge is 0.469 e. The molecule has 1 saturated heterocycles. The van der Waals surface area contributed by atoms with E-state index in [4.69, 9.17) is 9.47 Å². The molecule has 1 aliphatic carbocycles. The Labute approximate surface area is 340 Å². The fraction of sp³-hybridized carbons (Fsp3) is 0.386. The van der Waals surface area contributed by atoms with Gasteiger partial charge < -0.3 is 25.0 Å². The van der Waals surface area contributed by atoms with Crippen molar-refractivity contribution >= 4 is 51.0 Å². The minimum absolute atomic E-state index is 0.0625. The Hall–Kier alpha value is -5.60. The first-order chi connectivity index (χ1) is 27.9. The van der Waals surface area contributed by atoms with Gasteiger partial charge in [-0.3, -0.25) is 14.4 Å². The van der Waals surface area contributed by atoms with Gasteiger partial charge in [-0.2, -0.15) is 0 Å². The molecule has 2 aliphatic rings. The summed E-state index contributed by atoms with van der Waals surface area (Å²) in [7, 11) is -1.34. The lowest BCUT2D eigenvalue weighted by Gasteiger charge is -2.39. The number of nitrogens with zero attached hydrogens (tertiary/aromatic N) is 2. The Bertz CT molecular complexity index is 2210. The highest BCUT2D eigenvalue weighted by Gasteiger charge is 2.40. The number of aromatic nitrogens is 1. The Kier molecular flexibility index (Phi) is 13.6. The maximum Gasteiger partial charge on any atom is 0.337 e. The van der Waals surface area contributed by atoms with Crippen LogP contribution >= 0.6 is 0 Å². The van der Waals surface area contributed by atoms with Crippen molar-refractivity contribution < 1.29 is 37.1 Å². The normalized spacial score (nSPS) is 18.2. The number of benzene rings is 3. The summed E-state index contributed by atoms with van der Waals surface area (Å²) in [6.45, 7) is 3.62. The summed E-state index contributed by atoms with van der Waals surface area (Å²) < 4.78 is 40.0. The first kappa shape index (κ1) is 42.0. The maximum absolute atomic E-state index is 13.9. The van der Waals surface area contributed by atoms with Crippen molar-refractivity contribution in [2.24, 2.45) is 5.92 Å². The number of nitrogens with one attached hydrogen (secondary N) is 3. The van der Waals surface area contributed by atoms with E-state index in [9.17, 15) is 27.6 Å². The van der Waals surface area contributed by atoms with Crippen LogP contribution in [0.5, 0.6) is 0 Å². The number of rotatable bonds is 14. The van der Waals surface area contributed by atoms with E-state index in [0.29, 0.717) is 49.9 Å². The monoisotopic (exact) mass is 809 g/mol. The Morgan fingerprint density at radius 2 is 1.50 bits per heavy atom. The average molecular weight is 810 g/mol. The van der Waals surface area contributed by atoms with Crippen LogP contribution in [-0.4, -0.2) is 70.0 Å². The van der Waals surface area contributed by atoms with Crippen LogP contribution in [0.4, 0.5) is 17.2 Å². The molecule has 4 aromatic rings. The van der Waals surface area contributed by atoms with Crippen LogP contribution in [0, 0.1) is 5.92 Å². The van der Waals surface area contributed by atoms with Crippen LogP contribution in [0.1, 0.15) is 100 Å². The molecule has 3 N–H and O–H groups in total. The predicted molar refractivity (Wildman–Crippen MR) is 222 cm³/mol. The lowest BCUT2D eigenvalue weighted by Crippen LogP contribution is -2.50. The van der Waals surface area contributed by atoms with Crippen molar-refractivity contribution in [3.05, 3.63) is 113 Å². The van der Waals surface area contributed by atoms with E-state index in [-0.39, 0.29) is 39.6 Å². The molecule has 2 amide bonds. The van der Waals surface area contributed by atoms with Crippen molar-refractivity contribution in [3.8, 4) is 0 Å². The minimum atomic E-state index is -4.04.